The molecule has 0 aromatic rings. The monoisotopic (exact) mass is 136 g/mol. The van der Waals surface area contributed by atoms with Crippen molar-refractivity contribution in [2.45, 2.75) is 6.92 Å². The molecule has 0 aliphatic carbocycles. The molecule has 0 saturated carbocycles. The van der Waals surface area contributed by atoms with Gasteiger partial charge in [-0.3, -0.25) is 0 Å². The Labute approximate surface area is 53.7 Å². The minimum absolute atomic E-state index is 0. The van der Waals surface area contributed by atoms with Crippen LogP contribution in [-0.4, -0.2) is 28.3 Å². The SMILES string of the molecule is C=CC(=O)O.CCO.O. The van der Waals surface area contributed by atoms with E-state index in [0.29, 0.717) is 0 Å². The maximum absolute atomic E-state index is 9.25. The zero-order valence-corrected chi connectivity index (χ0v) is 5.29. The Morgan fingerprint density at radius 3 is 1.89 bits per heavy atom. The van der Waals surface area contributed by atoms with Crippen LogP contribution in [0.25, 0.3) is 0 Å². The first kappa shape index (κ1) is 15.7. The molecular formula is C5H12O4. The van der Waals surface area contributed by atoms with Gasteiger partial charge in [0.2, 0.25) is 0 Å². The van der Waals surface area contributed by atoms with Crippen molar-refractivity contribution >= 4 is 5.97 Å². The smallest absolute Gasteiger partial charge is 0.327 e. The van der Waals surface area contributed by atoms with Crippen LogP contribution in [0.3, 0.4) is 0 Å². The molecule has 4 N–H and O–H groups in total. The molecule has 0 amide bonds. The molecule has 0 fully saturated rings. The lowest BCUT2D eigenvalue weighted by Gasteiger charge is -1.64. The molecule has 4 nitrogen and oxygen atoms in total. The molecule has 0 radical (unpaired) electrons. The summed E-state index contributed by atoms with van der Waals surface area (Å²) in [5, 5.41) is 15.2. The Morgan fingerprint density at radius 1 is 1.78 bits per heavy atom. The van der Waals surface area contributed by atoms with E-state index < -0.39 is 5.97 Å². The fourth-order valence-electron chi connectivity index (χ4n) is 0. The molecular weight excluding hydrogens is 124 g/mol. The first-order valence-electron chi connectivity index (χ1n) is 2.15. The molecule has 0 aromatic carbocycles. The van der Waals surface area contributed by atoms with Crippen LogP contribution in [0.4, 0.5) is 0 Å². The lowest BCUT2D eigenvalue weighted by molar-refractivity contribution is -0.131. The first-order valence-corrected chi connectivity index (χ1v) is 2.15. The summed E-state index contributed by atoms with van der Waals surface area (Å²) in [6.07, 6.45) is 0.833. The van der Waals surface area contributed by atoms with E-state index in [-0.39, 0.29) is 12.1 Å². The number of carbonyl (C=O) groups is 1. The van der Waals surface area contributed by atoms with Crippen molar-refractivity contribution in [2.75, 3.05) is 6.61 Å². The molecule has 0 saturated heterocycles. The highest BCUT2D eigenvalue weighted by molar-refractivity contribution is 5.78. The quantitative estimate of drug-likeness (QED) is 0.473. The van der Waals surface area contributed by atoms with Gasteiger partial charge in [-0.15, -0.1) is 0 Å². The third-order valence-electron chi connectivity index (χ3n) is 0.175. The minimum atomic E-state index is -0.981. The number of hydrogen-bond acceptors (Lipinski definition) is 2. The van der Waals surface area contributed by atoms with Crippen LogP contribution >= 0.6 is 0 Å². The Kier molecular flexibility index (Phi) is 27.4. The first-order chi connectivity index (χ1) is 3.68. The van der Waals surface area contributed by atoms with Gasteiger partial charge in [0.15, 0.2) is 0 Å². The average Bonchev–Trinajstić information content (AvgIpc) is 1.69. The molecule has 0 aliphatic heterocycles. The molecule has 0 aliphatic rings. The maximum atomic E-state index is 9.25. The average molecular weight is 136 g/mol. The third-order valence-corrected chi connectivity index (χ3v) is 0.175. The van der Waals surface area contributed by atoms with Crippen LogP contribution in [0.15, 0.2) is 12.7 Å². The lowest BCUT2D eigenvalue weighted by Crippen LogP contribution is -1.82. The molecule has 0 rings (SSSR count). The van der Waals surface area contributed by atoms with E-state index in [1.807, 2.05) is 0 Å². The van der Waals surface area contributed by atoms with Crippen molar-refractivity contribution in [3.63, 3.8) is 0 Å². The number of carboxylic acids is 1. The summed E-state index contributed by atoms with van der Waals surface area (Å²) >= 11 is 0. The topological polar surface area (TPSA) is 89.0 Å². The van der Waals surface area contributed by atoms with Crippen LogP contribution in [0, 0.1) is 0 Å². The lowest BCUT2D eigenvalue weighted by atomic mass is 10.7. The highest BCUT2D eigenvalue weighted by Gasteiger charge is 1.73. The van der Waals surface area contributed by atoms with Crippen LogP contribution < -0.4 is 0 Å². The largest absolute Gasteiger partial charge is 0.478 e. The Morgan fingerprint density at radius 2 is 1.89 bits per heavy atom. The highest BCUT2D eigenvalue weighted by Crippen LogP contribution is 1.54. The van der Waals surface area contributed by atoms with Gasteiger partial charge in [-0.05, 0) is 6.92 Å². The predicted octanol–water partition coefficient (Wildman–Crippen LogP) is -0.569. The van der Waals surface area contributed by atoms with Gasteiger partial charge in [-0.25, -0.2) is 4.79 Å². The van der Waals surface area contributed by atoms with Gasteiger partial charge >= 0.3 is 5.97 Å². The van der Waals surface area contributed by atoms with Gasteiger partial charge < -0.3 is 15.7 Å². The van der Waals surface area contributed by atoms with Crippen LogP contribution in [0.1, 0.15) is 6.92 Å². The third kappa shape index (κ3) is 147. The van der Waals surface area contributed by atoms with E-state index in [9.17, 15) is 4.79 Å². The number of aliphatic carboxylic acids is 1. The highest BCUT2D eigenvalue weighted by atomic mass is 16.4. The van der Waals surface area contributed by atoms with Crippen LogP contribution in [0.5, 0.6) is 0 Å². The molecule has 4 heteroatoms. The number of aliphatic hydroxyl groups is 1. The summed E-state index contributed by atoms with van der Waals surface area (Å²) in [7, 11) is 0. The van der Waals surface area contributed by atoms with Gasteiger partial charge in [-0.2, -0.15) is 0 Å². The Balaban J connectivity index is -0.0000000800. The van der Waals surface area contributed by atoms with Crippen molar-refractivity contribution in [3.05, 3.63) is 12.7 Å². The van der Waals surface area contributed by atoms with Gasteiger partial charge in [-0.1, -0.05) is 6.58 Å². The van der Waals surface area contributed by atoms with Gasteiger partial charge in [0.25, 0.3) is 0 Å². The summed E-state index contributed by atoms with van der Waals surface area (Å²) < 4.78 is 0. The Bertz CT molecular complexity index is 69.4. The van der Waals surface area contributed by atoms with Crippen molar-refractivity contribution in [3.8, 4) is 0 Å². The van der Waals surface area contributed by atoms with E-state index in [4.69, 9.17) is 10.2 Å². The molecule has 0 aromatic heterocycles. The predicted molar refractivity (Wildman–Crippen MR) is 34.2 cm³/mol. The van der Waals surface area contributed by atoms with Crippen molar-refractivity contribution < 1.29 is 20.5 Å². The molecule has 0 heterocycles. The van der Waals surface area contributed by atoms with Crippen LogP contribution in [-0.2, 0) is 4.79 Å². The maximum Gasteiger partial charge on any atom is 0.327 e. The van der Waals surface area contributed by atoms with Crippen molar-refractivity contribution in [2.24, 2.45) is 0 Å². The molecule has 9 heavy (non-hydrogen) atoms. The second kappa shape index (κ2) is 15.7. The van der Waals surface area contributed by atoms with Gasteiger partial charge in [0.05, 0.1) is 0 Å². The van der Waals surface area contributed by atoms with E-state index in [1.165, 1.54) is 0 Å². The Hall–Kier alpha value is -0.870. The number of carboxylic acid groups (broad SMARTS) is 1. The zero-order chi connectivity index (χ0) is 6.99. The van der Waals surface area contributed by atoms with E-state index in [0.717, 1.165) is 6.08 Å². The van der Waals surface area contributed by atoms with Crippen molar-refractivity contribution in [1.29, 1.82) is 0 Å². The molecule has 0 bridgehead atoms. The van der Waals surface area contributed by atoms with Gasteiger partial charge in [0, 0.05) is 12.7 Å². The van der Waals surface area contributed by atoms with E-state index in [1.54, 1.807) is 6.92 Å². The zero-order valence-electron chi connectivity index (χ0n) is 5.29. The molecule has 0 atom stereocenters. The summed E-state index contributed by atoms with van der Waals surface area (Å²) in [5.41, 5.74) is 0. The minimum Gasteiger partial charge on any atom is -0.478 e. The van der Waals surface area contributed by atoms with Crippen LogP contribution in [0.2, 0.25) is 0 Å². The number of hydrogen-bond donors (Lipinski definition) is 2. The van der Waals surface area contributed by atoms with Gasteiger partial charge in [0.1, 0.15) is 0 Å². The summed E-state index contributed by atoms with van der Waals surface area (Å²) in [5.74, 6) is -0.981. The normalized spacial score (nSPS) is 5.56. The molecule has 56 valence electrons. The fourth-order valence-corrected chi connectivity index (χ4v) is 0. The van der Waals surface area contributed by atoms with E-state index in [2.05, 4.69) is 6.58 Å². The molecule has 0 unspecified atom stereocenters. The van der Waals surface area contributed by atoms with Crippen molar-refractivity contribution in [1.82, 2.24) is 0 Å². The second-order valence-electron chi connectivity index (χ2n) is 0.859. The fraction of sp³-hybridized carbons (Fsp3) is 0.400. The number of aliphatic hydroxyl groups excluding tert-OH is 1. The summed E-state index contributed by atoms with van der Waals surface area (Å²) in [4.78, 5) is 9.25. The summed E-state index contributed by atoms with van der Waals surface area (Å²) in [6, 6.07) is 0. The van der Waals surface area contributed by atoms with E-state index >= 15 is 0 Å². The number of rotatable bonds is 1. The molecule has 0 spiro atoms. The standard InChI is InChI=1S/C3H4O2.C2H6O.H2O/c1-2-3(4)5;1-2-3;/h2H,1H2,(H,4,5);3H,2H2,1H3;1H2. The summed E-state index contributed by atoms with van der Waals surface area (Å²) in [6.45, 7) is 4.89. The second-order valence-corrected chi connectivity index (χ2v) is 0.859.